The van der Waals surface area contributed by atoms with Gasteiger partial charge in [-0.25, -0.2) is 4.79 Å². The largest absolute Gasteiger partial charge is 0.489 e. The minimum absolute atomic E-state index is 0.133. The average molecular weight is 343 g/mol. The first-order valence-corrected chi connectivity index (χ1v) is 7.76. The zero-order chi connectivity index (χ0) is 18.3. The summed E-state index contributed by atoms with van der Waals surface area (Å²) in [7, 11) is 1.38. The second-order valence-corrected chi connectivity index (χ2v) is 5.82. The van der Waals surface area contributed by atoms with Crippen LogP contribution in [0, 0.1) is 0 Å². The molecule has 25 heavy (non-hydrogen) atoms. The molecule has 0 aliphatic rings. The second kappa shape index (κ2) is 8.30. The number of rotatable bonds is 8. The molecule has 0 bridgehead atoms. The van der Waals surface area contributed by atoms with Crippen molar-refractivity contribution in [2.24, 2.45) is 0 Å². The van der Waals surface area contributed by atoms with Gasteiger partial charge in [0.05, 0.1) is 6.61 Å². The van der Waals surface area contributed by atoms with Crippen molar-refractivity contribution in [3.63, 3.8) is 0 Å². The van der Waals surface area contributed by atoms with E-state index in [-0.39, 0.29) is 6.61 Å². The standard InChI is InChI=1S/C19H21NO5/c1-19(13-24-2,18(22)23)20-17(21)15-8-10-16(11-9-15)25-12-14-6-4-3-5-7-14/h3-11H,12-13H2,1-2H3,(H,20,21)(H,22,23). The van der Waals surface area contributed by atoms with E-state index in [1.807, 2.05) is 30.3 Å². The first-order valence-electron chi connectivity index (χ1n) is 7.76. The highest BCUT2D eigenvalue weighted by atomic mass is 16.5. The van der Waals surface area contributed by atoms with Gasteiger partial charge in [0.25, 0.3) is 5.91 Å². The molecule has 132 valence electrons. The minimum atomic E-state index is -1.49. The van der Waals surface area contributed by atoms with Gasteiger partial charge < -0.3 is 19.9 Å². The zero-order valence-corrected chi connectivity index (χ0v) is 14.2. The number of hydrogen-bond acceptors (Lipinski definition) is 4. The molecule has 2 aromatic carbocycles. The van der Waals surface area contributed by atoms with Gasteiger partial charge in [-0.15, -0.1) is 0 Å². The van der Waals surface area contributed by atoms with Crippen molar-refractivity contribution in [3.05, 3.63) is 65.7 Å². The van der Waals surface area contributed by atoms with Crippen LogP contribution in [0.15, 0.2) is 54.6 Å². The third-order valence-corrected chi connectivity index (χ3v) is 3.66. The summed E-state index contributed by atoms with van der Waals surface area (Å²) in [6.45, 7) is 1.69. The average Bonchev–Trinajstić information content (AvgIpc) is 2.61. The van der Waals surface area contributed by atoms with Gasteiger partial charge in [-0.1, -0.05) is 30.3 Å². The summed E-state index contributed by atoms with van der Waals surface area (Å²) in [5, 5.41) is 11.8. The van der Waals surface area contributed by atoms with Crippen molar-refractivity contribution < 1.29 is 24.2 Å². The summed E-state index contributed by atoms with van der Waals surface area (Å²) in [5.74, 6) is -1.03. The van der Waals surface area contributed by atoms with Gasteiger partial charge in [-0.2, -0.15) is 0 Å². The smallest absolute Gasteiger partial charge is 0.331 e. The summed E-state index contributed by atoms with van der Waals surface area (Å²) in [6.07, 6.45) is 0. The Bertz CT molecular complexity index is 714. The van der Waals surface area contributed by atoms with Crippen molar-refractivity contribution in [2.45, 2.75) is 19.1 Å². The van der Waals surface area contributed by atoms with E-state index in [0.29, 0.717) is 17.9 Å². The van der Waals surface area contributed by atoms with Crippen LogP contribution in [0.5, 0.6) is 5.75 Å². The van der Waals surface area contributed by atoms with Gasteiger partial charge in [0.2, 0.25) is 0 Å². The molecule has 6 heteroatoms. The fourth-order valence-electron chi connectivity index (χ4n) is 2.21. The molecule has 0 radical (unpaired) electrons. The number of benzene rings is 2. The van der Waals surface area contributed by atoms with Crippen LogP contribution in [0.3, 0.4) is 0 Å². The minimum Gasteiger partial charge on any atom is -0.489 e. The van der Waals surface area contributed by atoms with Gasteiger partial charge in [0, 0.05) is 12.7 Å². The molecule has 0 fully saturated rings. The van der Waals surface area contributed by atoms with Crippen LogP contribution in [0.25, 0.3) is 0 Å². The summed E-state index contributed by atoms with van der Waals surface area (Å²) in [6, 6.07) is 16.3. The molecule has 2 rings (SSSR count). The molecule has 1 amide bonds. The topological polar surface area (TPSA) is 84.9 Å². The third kappa shape index (κ3) is 5.06. The molecule has 0 saturated carbocycles. The van der Waals surface area contributed by atoms with Crippen LogP contribution in [0.4, 0.5) is 0 Å². The van der Waals surface area contributed by atoms with Crippen LogP contribution in [-0.4, -0.2) is 36.2 Å². The fourth-order valence-corrected chi connectivity index (χ4v) is 2.21. The van der Waals surface area contributed by atoms with E-state index in [4.69, 9.17) is 9.47 Å². The number of carboxylic acids is 1. The van der Waals surface area contributed by atoms with Gasteiger partial charge in [-0.05, 0) is 36.8 Å². The lowest BCUT2D eigenvalue weighted by Gasteiger charge is -2.25. The molecule has 2 aromatic rings. The molecule has 2 N–H and O–H groups in total. The predicted molar refractivity (Wildman–Crippen MR) is 92.6 cm³/mol. The fraction of sp³-hybridized carbons (Fsp3) is 0.263. The van der Waals surface area contributed by atoms with Crippen molar-refractivity contribution in [3.8, 4) is 5.75 Å². The highest BCUT2D eigenvalue weighted by Gasteiger charge is 2.35. The molecule has 0 aliphatic carbocycles. The van der Waals surface area contributed by atoms with E-state index in [1.54, 1.807) is 24.3 Å². The molecular formula is C19H21NO5. The van der Waals surface area contributed by atoms with E-state index in [9.17, 15) is 14.7 Å². The highest BCUT2D eigenvalue weighted by molar-refractivity contribution is 5.97. The lowest BCUT2D eigenvalue weighted by atomic mass is 10.0. The van der Waals surface area contributed by atoms with E-state index in [2.05, 4.69) is 5.32 Å². The Morgan fingerprint density at radius 1 is 1.08 bits per heavy atom. The van der Waals surface area contributed by atoms with Crippen LogP contribution in [0.2, 0.25) is 0 Å². The number of ether oxygens (including phenoxy) is 2. The summed E-state index contributed by atoms with van der Waals surface area (Å²) in [5.41, 5.74) is -0.106. The molecule has 0 saturated heterocycles. The summed E-state index contributed by atoms with van der Waals surface area (Å²) < 4.78 is 10.5. The second-order valence-electron chi connectivity index (χ2n) is 5.82. The van der Waals surface area contributed by atoms with Crippen molar-refractivity contribution in [1.82, 2.24) is 5.32 Å². The number of carbonyl (C=O) groups excluding carboxylic acids is 1. The Morgan fingerprint density at radius 2 is 1.72 bits per heavy atom. The monoisotopic (exact) mass is 343 g/mol. The lowest BCUT2D eigenvalue weighted by molar-refractivity contribution is -0.145. The van der Waals surface area contributed by atoms with Crippen LogP contribution >= 0.6 is 0 Å². The van der Waals surface area contributed by atoms with Gasteiger partial charge in [0.1, 0.15) is 12.4 Å². The lowest BCUT2D eigenvalue weighted by Crippen LogP contribution is -2.55. The molecular weight excluding hydrogens is 322 g/mol. The van der Waals surface area contributed by atoms with Gasteiger partial charge in [0.15, 0.2) is 5.54 Å². The number of hydrogen-bond donors (Lipinski definition) is 2. The van der Waals surface area contributed by atoms with Crippen LogP contribution < -0.4 is 10.1 Å². The molecule has 1 unspecified atom stereocenters. The third-order valence-electron chi connectivity index (χ3n) is 3.66. The Kier molecular flexibility index (Phi) is 6.14. The van der Waals surface area contributed by atoms with Gasteiger partial charge in [-0.3, -0.25) is 4.79 Å². The van der Waals surface area contributed by atoms with Gasteiger partial charge >= 0.3 is 5.97 Å². The van der Waals surface area contributed by atoms with Crippen molar-refractivity contribution >= 4 is 11.9 Å². The predicted octanol–water partition coefficient (Wildman–Crippen LogP) is 2.49. The summed E-state index contributed by atoms with van der Waals surface area (Å²) in [4.78, 5) is 23.6. The summed E-state index contributed by atoms with van der Waals surface area (Å²) >= 11 is 0. The van der Waals surface area contributed by atoms with E-state index >= 15 is 0 Å². The first-order chi connectivity index (χ1) is 11.9. The number of aliphatic carboxylic acids is 1. The number of carbonyl (C=O) groups is 2. The maximum absolute atomic E-state index is 12.3. The molecule has 1 atom stereocenters. The van der Waals surface area contributed by atoms with Crippen LogP contribution in [0.1, 0.15) is 22.8 Å². The Hall–Kier alpha value is -2.86. The van der Waals surface area contributed by atoms with E-state index in [0.717, 1.165) is 5.56 Å². The first kappa shape index (κ1) is 18.5. The molecule has 0 spiro atoms. The SMILES string of the molecule is COCC(C)(NC(=O)c1ccc(OCc2ccccc2)cc1)C(=O)O. The zero-order valence-electron chi connectivity index (χ0n) is 14.2. The maximum atomic E-state index is 12.3. The van der Waals surface area contributed by atoms with Crippen molar-refractivity contribution in [1.29, 1.82) is 0 Å². The van der Waals surface area contributed by atoms with E-state index in [1.165, 1.54) is 14.0 Å². The molecule has 0 aliphatic heterocycles. The molecule has 6 nitrogen and oxygen atoms in total. The Morgan fingerprint density at radius 3 is 2.28 bits per heavy atom. The molecule has 0 heterocycles. The maximum Gasteiger partial charge on any atom is 0.331 e. The number of carboxylic acid groups (broad SMARTS) is 1. The Balaban J connectivity index is 1.99. The molecule has 0 aromatic heterocycles. The van der Waals surface area contributed by atoms with Crippen molar-refractivity contribution in [2.75, 3.05) is 13.7 Å². The quantitative estimate of drug-likeness (QED) is 0.769. The number of amides is 1. The van der Waals surface area contributed by atoms with Crippen LogP contribution in [-0.2, 0) is 16.1 Å². The van der Waals surface area contributed by atoms with E-state index < -0.39 is 17.4 Å². The highest BCUT2D eigenvalue weighted by Crippen LogP contribution is 2.15. The number of nitrogens with one attached hydrogen (secondary N) is 1. The number of methoxy groups -OCH3 is 1. The Labute approximate surface area is 146 Å². The normalized spacial score (nSPS) is 12.9.